The Morgan fingerprint density at radius 3 is 2.50 bits per heavy atom. The van der Waals surface area contributed by atoms with E-state index in [1.54, 1.807) is 0 Å². The average Bonchev–Trinajstić information content (AvgIpc) is 2.40. The molecule has 0 radical (unpaired) electrons. The molecular formula is C14H20N2O2. The van der Waals surface area contributed by atoms with Crippen molar-refractivity contribution in [3.05, 3.63) is 17.7 Å². The first-order valence-electron chi connectivity index (χ1n) is 6.58. The SMILES string of the molecule is Cc1ccc2c(c1N1CCN(C)CC1)OCCO2. The topological polar surface area (TPSA) is 24.9 Å². The van der Waals surface area contributed by atoms with Gasteiger partial charge in [0.25, 0.3) is 0 Å². The lowest BCUT2D eigenvalue weighted by molar-refractivity contribution is 0.171. The van der Waals surface area contributed by atoms with Crippen molar-refractivity contribution in [1.82, 2.24) is 4.90 Å². The molecule has 0 N–H and O–H groups in total. The summed E-state index contributed by atoms with van der Waals surface area (Å²) in [5, 5.41) is 0. The number of nitrogens with zero attached hydrogens (tertiary/aromatic N) is 2. The van der Waals surface area contributed by atoms with Crippen LogP contribution in [0.25, 0.3) is 0 Å². The molecule has 1 aromatic carbocycles. The van der Waals surface area contributed by atoms with Crippen molar-refractivity contribution in [2.45, 2.75) is 6.92 Å². The van der Waals surface area contributed by atoms with Gasteiger partial charge in [0, 0.05) is 26.2 Å². The van der Waals surface area contributed by atoms with Gasteiger partial charge in [-0.15, -0.1) is 0 Å². The van der Waals surface area contributed by atoms with E-state index in [1.807, 2.05) is 6.07 Å². The molecule has 0 aromatic heterocycles. The summed E-state index contributed by atoms with van der Waals surface area (Å²) in [6, 6.07) is 4.14. The molecule has 0 saturated carbocycles. The zero-order valence-corrected chi connectivity index (χ0v) is 11.1. The Kier molecular flexibility index (Phi) is 3.04. The van der Waals surface area contributed by atoms with Crippen molar-refractivity contribution < 1.29 is 9.47 Å². The van der Waals surface area contributed by atoms with Gasteiger partial charge < -0.3 is 19.3 Å². The van der Waals surface area contributed by atoms with Gasteiger partial charge in [0.1, 0.15) is 13.2 Å². The molecule has 0 aliphatic carbocycles. The van der Waals surface area contributed by atoms with Gasteiger partial charge in [-0.1, -0.05) is 6.07 Å². The summed E-state index contributed by atoms with van der Waals surface area (Å²) in [7, 11) is 2.17. The van der Waals surface area contributed by atoms with E-state index in [1.165, 1.54) is 11.3 Å². The molecule has 2 heterocycles. The first-order chi connectivity index (χ1) is 8.75. The minimum absolute atomic E-state index is 0.650. The molecule has 2 aliphatic rings. The number of ether oxygens (including phenoxy) is 2. The van der Waals surface area contributed by atoms with E-state index < -0.39 is 0 Å². The molecular weight excluding hydrogens is 228 g/mol. The van der Waals surface area contributed by atoms with Crippen LogP contribution in [0, 0.1) is 6.92 Å². The van der Waals surface area contributed by atoms with E-state index in [-0.39, 0.29) is 0 Å². The second-order valence-electron chi connectivity index (χ2n) is 5.05. The molecule has 0 amide bonds. The zero-order valence-electron chi connectivity index (χ0n) is 11.1. The van der Waals surface area contributed by atoms with E-state index in [0.717, 1.165) is 37.7 Å². The van der Waals surface area contributed by atoms with Gasteiger partial charge in [0.15, 0.2) is 11.5 Å². The predicted molar refractivity (Wildman–Crippen MR) is 71.9 cm³/mol. The second kappa shape index (κ2) is 4.69. The molecule has 2 aliphatic heterocycles. The fourth-order valence-corrected chi connectivity index (χ4v) is 2.62. The summed E-state index contributed by atoms with van der Waals surface area (Å²) >= 11 is 0. The molecule has 18 heavy (non-hydrogen) atoms. The monoisotopic (exact) mass is 248 g/mol. The smallest absolute Gasteiger partial charge is 0.184 e. The first kappa shape index (κ1) is 11.7. The van der Waals surface area contributed by atoms with Crippen molar-refractivity contribution in [3.8, 4) is 11.5 Å². The molecule has 1 aromatic rings. The van der Waals surface area contributed by atoms with Gasteiger partial charge in [0.2, 0.25) is 0 Å². The number of benzene rings is 1. The number of likely N-dealkylation sites (N-methyl/N-ethyl adjacent to an activating group) is 1. The van der Waals surface area contributed by atoms with Crippen LogP contribution in [0.15, 0.2) is 12.1 Å². The lowest BCUT2D eigenvalue weighted by Gasteiger charge is -2.36. The van der Waals surface area contributed by atoms with Crippen LogP contribution in [-0.2, 0) is 0 Å². The van der Waals surface area contributed by atoms with Crippen molar-refractivity contribution in [2.24, 2.45) is 0 Å². The van der Waals surface area contributed by atoms with Crippen LogP contribution in [0.2, 0.25) is 0 Å². The quantitative estimate of drug-likeness (QED) is 0.752. The van der Waals surface area contributed by atoms with Crippen LogP contribution in [0.1, 0.15) is 5.56 Å². The lowest BCUT2D eigenvalue weighted by Crippen LogP contribution is -2.45. The summed E-state index contributed by atoms with van der Waals surface area (Å²) in [5.74, 6) is 1.83. The number of anilines is 1. The van der Waals surface area contributed by atoms with Gasteiger partial charge >= 0.3 is 0 Å². The maximum Gasteiger partial charge on any atom is 0.184 e. The van der Waals surface area contributed by atoms with E-state index in [2.05, 4.69) is 29.8 Å². The molecule has 1 saturated heterocycles. The van der Waals surface area contributed by atoms with Crippen LogP contribution in [0.4, 0.5) is 5.69 Å². The Bertz CT molecular complexity index is 440. The average molecular weight is 248 g/mol. The number of piperazine rings is 1. The molecule has 98 valence electrons. The van der Waals surface area contributed by atoms with E-state index in [0.29, 0.717) is 13.2 Å². The van der Waals surface area contributed by atoms with Gasteiger partial charge in [-0.25, -0.2) is 0 Å². The van der Waals surface area contributed by atoms with Crippen LogP contribution in [0.3, 0.4) is 0 Å². The van der Waals surface area contributed by atoms with Crippen molar-refractivity contribution in [2.75, 3.05) is 51.3 Å². The Labute approximate surface area is 108 Å². The Hall–Kier alpha value is -1.42. The van der Waals surface area contributed by atoms with Crippen molar-refractivity contribution in [1.29, 1.82) is 0 Å². The largest absolute Gasteiger partial charge is 0.486 e. The highest BCUT2D eigenvalue weighted by molar-refractivity contribution is 5.69. The number of rotatable bonds is 1. The molecule has 3 rings (SSSR count). The highest BCUT2D eigenvalue weighted by Crippen LogP contribution is 2.42. The standard InChI is InChI=1S/C14H20N2O2/c1-11-3-4-12-14(18-10-9-17-12)13(11)16-7-5-15(2)6-8-16/h3-4H,5-10H2,1-2H3. The fourth-order valence-electron chi connectivity index (χ4n) is 2.62. The number of fused-ring (bicyclic) bond motifs is 1. The van der Waals surface area contributed by atoms with Crippen molar-refractivity contribution >= 4 is 5.69 Å². The van der Waals surface area contributed by atoms with Crippen molar-refractivity contribution in [3.63, 3.8) is 0 Å². The minimum Gasteiger partial charge on any atom is -0.486 e. The zero-order chi connectivity index (χ0) is 12.5. The van der Waals surface area contributed by atoms with E-state index in [9.17, 15) is 0 Å². The van der Waals surface area contributed by atoms with Crippen LogP contribution >= 0.6 is 0 Å². The third kappa shape index (κ3) is 2.01. The minimum atomic E-state index is 0.650. The van der Waals surface area contributed by atoms with Gasteiger partial charge in [-0.3, -0.25) is 0 Å². The lowest BCUT2D eigenvalue weighted by atomic mass is 10.1. The molecule has 4 nitrogen and oxygen atoms in total. The molecule has 0 unspecified atom stereocenters. The Morgan fingerprint density at radius 2 is 1.72 bits per heavy atom. The predicted octanol–water partition coefficient (Wildman–Crippen LogP) is 1.52. The maximum atomic E-state index is 5.84. The summed E-state index contributed by atoms with van der Waals surface area (Å²) in [6.07, 6.45) is 0. The van der Waals surface area contributed by atoms with Gasteiger partial charge in [0.05, 0.1) is 5.69 Å². The number of hydrogen-bond donors (Lipinski definition) is 0. The molecule has 0 atom stereocenters. The highest BCUT2D eigenvalue weighted by atomic mass is 16.6. The summed E-state index contributed by atoms with van der Waals surface area (Å²) in [4.78, 5) is 4.78. The summed E-state index contributed by atoms with van der Waals surface area (Å²) in [5.41, 5.74) is 2.49. The Balaban J connectivity index is 1.95. The van der Waals surface area contributed by atoms with Gasteiger partial charge in [-0.05, 0) is 25.6 Å². The van der Waals surface area contributed by atoms with E-state index in [4.69, 9.17) is 9.47 Å². The Morgan fingerprint density at radius 1 is 1.00 bits per heavy atom. The molecule has 0 spiro atoms. The third-order valence-corrected chi connectivity index (χ3v) is 3.70. The summed E-state index contributed by atoms with van der Waals surface area (Å²) < 4.78 is 11.5. The normalized spacial score (nSPS) is 20.0. The maximum absolute atomic E-state index is 5.84. The number of hydrogen-bond acceptors (Lipinski definition) is 4. The molecule has 0 bridgehead atoms. The molecule has 1 fully saturated rings. The highest BCUT2D eigenvalue weighted by Gasteiger charge is 2.24. The fraction of sp³-hybridized carbons (Fsp3) is 0.571. The van der Waals surface area contributed by atoms with Crippen LogP contribution in [-0.4, -0.2) is 51.3 Å². The van der Waals surface area contributed by atoms with Crippen LogP contribution < -0.4 is 14.4 Å². The number of aryl methyl sites for hydroxylation is 1. The first-order valence-corrected chi connectivity index (χ1v) is 6.58. The molecule has 4 heteroatoms. The third-order valence-electron chi connectivity index (χ3n) is 3.70. The summed E-state index contributed by atoms with van der Waals surface area (Å²) in [6.45, 7) is 7.75. The second-order valence-corrected chi connectivity index (χ2v) is 5.05. The van der Waals surface area contributed by atoms with Crippen LogP contribution in [0.5, 0.6) is 11.5 Å². The van der Waals surface area contributed by atoms with Gasteiger partial charge in [-0.2, -0.15) is 0 Å². The van der Waals surface area contributed by atoms with E-state index >= 15 is 0 Å².